The summed E-state index contributed by atoms with van der Waals surface area (Å²) in [6.07, 6.45) is 3.45. The van der Waals surface area contributed by atoms with E-state index in [1.54, 1.807) is 0 Å². The van der Waals surface area contributed by atoms with E-state index in [1.807, 2.05) is 6.92 Å². The van der Waals surface area contributed by atoms with Crippen LogP contribution in [0, 0.1) is 5.92 Å². The maximum absolute atomic E-state index is 11.7. The minimum Gasteiger partial charge on any atom is -0.396 e. The third kappa shape index (κ3) is 18.2. The third-order valence-electron chi connectivity index (χ3n) is 4.22. The number of carbonyl (C=O) groups excluding carboxylic acids is 2. The molecule has 8 heteroatoms. The number of amides is 2. The normalized spacial score (nSPS) is 12.2. The summed E-state index contributed by atoms with van der Waals surface area (Å²) in [5.41, 5.74) is 0. The van der Waals surface area contributed by atoms with E-state index in [-0.39, 0.29) is 30.9 Å². The van der Waals surface area contributed by atoms with Crippen molar-refractivity contribution >= 4 is 11.8 Å². The van der Waals surface area contributed by atoms with Crippen LogP contribution in [0.25, 0.3) is 0 Å². The summed E-state index contributed by atoms with van der Waals surface area (Å²) in [4.78, 5) is 22.8. The van der Waals surface area contributed by atoms with Crippen molar-refractivity contribution in [3.8, 4) is 0 Å². The fourth-order valence-electron chi connectivity index (χ4n) is 2.12. The quantitative estimate of drug-likeness (QED) is 0.280. The number of aliphatic hydroxyl groups excluding tert-OH is 1. The Bertz CT molecular complexity index is 393. The Morgan fingerprint density at radius 2 is 1.39 bits per heavy atom. The van der Waals surface area contributed by atoms with E-state index in [9.17, 15) is 9.59 Å². The molecule has 0 aromatic rings. The number of hydrogen-bond acceptors (Lipinski definition) is 6. The zero-order valence-corrected chi connectivity index (χ0v) is 17.8. The van der Waals surface area contributed by atoms with Crippen LogP contribution in [-0.2, 0) is 23.8 Å². The first-order chi connectivity index (χ1) is 13.5. The van der Waals surface area contributed by atoms with Gasteiger partial charge >= 0.3 is 0 Å². The molecule has 0 aromatic heterocycles. The summed E-state index contributed by atoms with van der Waals surface area (Å²) in [7, 11) is 0. The SMILES string of the molecule is CC(C)C(C)NC(=O)CCOCCOCCCCCOCCNC(=O)CCO. The molecular weight excluding hydrogens is 364 g/mol. The molecule has 0 radical (unpaired) electrons. The van der Waals surface area contributed by atoms with Gasteiger partial charge in [-0.1, -0.05) is 13.8 Å². The molecule has 0 heterocycles. The van der Waals surface area contributed by atoms with Gasteiger partial charge in [0.25, 0.3) is 0 Å². The van der Waals surface area contributed by atoms with E-state index in [1.165, 1.54) is 0 Å². The van der Waals surface area contributed by atoms with Crippen LogP contribution < -0.4 is 10.6 Å². The first-order valence-corrected chi connectivity index (χ1v) is 10.4. The van der Waals surface area contributed by atoms with E-state index in [0.29, 0.717) is 58.5 Å². The summed E-state index contributed by atoms with van der Waals surface area (Å²) < 4.78 is 16.3. The molecule has 1 atom stereocenters. The van der Waals surface area contributed by atoms with E-state index >= 15 is 0 Å². The maximum atomic E-state index is 11.7. The Hall–Kier alpha value is -1.22. The van der Waals surface area contributed by atoms with Gasteiger partial charge in [-0.15, -0.1) is 0 Å². The van der Waals surface area contributed by atoms with Crippen LogP contribution in [0.1, 0.15) is 52.9 Å². The average Bonchev–Trinajstić information content (AvgIpc) is 2.64. The van der Waals surface area contributed by atoms with Crippen molar-refractivity contribution in [3.63, 3.8) is 0 Å². The second-order valence-corrected chi connectivity index (χ2v) is 7.07. The number of hydrogen-bond donors (Lipinski definition) is 3. The van der Waals surface area contributed by atoms with Gasteiger partial charge in [0.05, 0.1) is 33.0 Å². The molecule has 0 aliphatic rings. The van der Waals surface area contributed by atoms with Crippen LogP contribution in [0.2, 0.25) is 0 Å². The number of nitrogens with one attached hydrogen (secondary N) is 2. The van der Waals surface area contributed by atoms with Gasteiger partial charge in [-0.25, -0.2) is 0 Å². The van der Waals surface area contributed by atoms with Crippen molar-refractivity contribution in [1.29, 1.82) is 0 Å². The summed E-state index contributed by atoms with van der Waals surface area (Å²) in [5, 5.41) is 14.2. The van der Waals surface area contributed by atoms with E-state index in [0.717, 1.165) is 19.3 Å². The monoisotopic (exact) mass is 404 g/mol. The summed E-state index contributed by atoms with van der Waals surface area (Å²) >= 11 is 0. The number of rotatable bonds is 19. The lowest BCUT2D eigenvalue weighted by Gasteiger charge is -2.17. The standard InChI is InChI=1S/C20H40N2O6/c1-17(2)18(3)22-20(25)8-13-28-16-15-27-12-6-4-5-11-26-14-9-21-19(24)7-10-23/h17-18,23H,4-16H2,1-3H3,(H,21,24)(H,22,25). The lowest BCUT2D eigenvalue weighted by atomic mass is 10.1. The van der Waals surface area contributed by atoms with Crippen molar-refractivity contribution in [3.05, 3.63) is 0 Å². The molecule has 0 bridgehead atoms. The lowest BCUT2D eigenvalue weighted by Crippen LogP contribution is -2.36. The molecule has 0 saturated carbocycles. The molecule has 166 valence electrons. The van der Waals surface area contributed by atoms with Crippen molar-refractivity contribution in [2.45, 2.75) is 58.9 Å². The van der Waals surface area contributed by atoms with Crippen molar-refractivity contribution in [2.24, 2.45) is 5.92 Å². The first-order valence-electron chi connectivity index (χ1n) is 10.4. The fourth-order valence-corrected chi connectivity index (χ4v) is 2.12. The van der Waals surface area contributed by atoms with Gasteiger partial charge < -0.3 is 30.0 Å². The van der Waals surface area contributed by atoms with Crippen LogP contribution in [0.4, 0.5) is 0 Å². The van der Waals surface area contributed by atoms with Crippen LogP contribution in [0.5, 0.6) is 0 Å². The predicted octanol–water partition coefficient (Wildman–Crippen LogP) is 1.26. The topological polar surface area (TPSA) is 106 Å². The van der Waals surface area contributed by atoms with Gasteiger partial charge in [0.2, 0.25) is 11.8 Å². The average molecular weight is 405 g/mol. The molecular formula is C20H40N2O6. The molecule has 0 saturated heterocycles. The van der Waals surface area contributed by atoms with Gasteiger partial charge in [0.1, 0.15) is 0 Å². The fraction of sp³-hybridized carbons (Fsp3) is 0.900. The maximum Gasteiger partial charge on any atom is 0.222 e. The Labute approximate surface area is 169 Å². The molecule has 0 rings (SSSR count). The molecule has 0 spiro atoms. The van der Waals surface area contributed by atoms with Crippen molar-refractivity contribution in [2.75, 3.05) is 52.8 Å². The minimum absolute atomic E-state index is 0.0249. The molecule has 3 N–H and O–H groups in total. The van der Waals surface area contributed by atoms with E-state index < -0.39 is 0 Å². The van der Waals surface area contributed by atoms with Gasteiger partial charge in [0.15, 0.2) is 0 Å². The summed E-state index contributed by atoms with van der Waals surface area (Å²) in [6.45, 7) is 9.79. The second kappa shape index (κ2) is 19.1. The molecule has 1 unspecified atom stereocenters. The van der Waals surface area contributed by atoms with Crippen LogP contribution in [0.3, 0.4) is 0 Å². The minimum atomic E-state index is -0.156. The Kier molecular flexibility index (Phi) is 18.3. The molecule has 0 aromatic carbocycles. The van der Waals surface area contributed by atoms with Crippen molar-refractivity contribution < 1.29 is 28.9 Å². The van der Waals surface area contributed by atoms with E-state index in [4.69, 9.17) is 19.3 Å². The molecule has 2 amide bonds. The lowest BCUT2D eigenvalue weighted by molar-refractivity contribution is -0.123. The third-order valence-corrected chi connectivity index (χ3v) is 4.22. The molecule has 28 heavy (non-hydrogen) atoms. The first kappa shape index (κ1) is 26.8. The van der Waals surface area contributed by atoms with Gasteiger partial charge in [-0.3, -0.25) is 9.59 Å². The number of unbranched alkanes of at least 4 members (excludes halogenated alkanes) is 2. The van der Waals surface area contributed by atoms with Gasteiger partial charge in [-0.05, 0) is 32.1 Å². The highest BCUT2D eigenvalue weighted by Gasteiger charge is 2.10. The van der Waals surface area contributed by atoms with E-state index in [2.05, 4.69) is 24.5 Å². The Balaban J connectivity index is 3.22. The highest BCUT2D eigenvalue weighted by molar-refractivity contribution is 5.76. The van der Waals surface area contributed by atoms with Crippen molar-refractivity contribution in [1.82, 2.24) is 10.6 Å². The highest BCUT2D eigenvalue weighted by atomic mass is 16.5. The summed E-state index contributed by atoms with van der Waals surface area (Å²) in [6, 6.07) is 0.180. The molecule has 8 nitrogen and oxygen atoms in total. The number of ether oxygens (including phenoxy) is 3. The van der Waals surface area contributed by atoms with Gasteiger partial charge in [-0.2, -0.15) is 0 Å². The Morgan fingerprint density at radius 1 is 0.786 bits per heavy atom. The summed E-state index contributed by atoms with van der Waals surface area (Å²) in [5.74, 6) is 0.294. The molecule has 0 aliphatic heterocycles. The van der Waals surface area contributed by atoms with Gasteiger partial charge in [0, 0.05) is 38.6 Å². The van der Waals surface area contributed by atoms with Crippen LogP contribution in [-0.4, -0.2) is 75.8 Å². The number of aliphatic hydroxyl groups is 1. The highest BCUT2D eigenvalue weighted by Crippen LogP contribution is 2.00. The number of carbonyl (C=O) groups is 2. The molecule has 0 aliphatic carbocycles. The smallest absolute Gasteiger partial charge is 0.222 e. The predicted molar refractivity (Wildman–Crippen MR) is 108 cm³/mol. The largest absolute Gasteiger partial charge is 0.396 e. The molecule has 0 fully saturated rings. The van der Waals surface area contributed by atoms with Crippen LogP contribution >= 0.6 is 0 Å². The Morgan fingerprint density at radius 3 is 2.00 bits per heavy atom. The second-order valence-electron chi connectivity index (χ2n) is 7.07. The zero-order chi connectivity index (χ0) is 21.0. The van der Waals surface area contributed by atoms with Crippen LogP contribution in [0.15, 0.2) is 0 Å². The zero-order valence-electron chi connectivity index (χ0n) is 17.8.